The number of oxazole rings is 1. The second-order valence-corrected chi connectivity index (χ2v) is 7.19. The maximum absolute atomic E-state index is 12.7. The summed E-state index contributed by atoms with van der Waals surface area (Å²) in [6.45, 7) is 0.692. The monoisotopic (exact) mass is 396 g/mol. The first-order valence-electron chi connectivity index (χ1n) is 9.36. The molecule has 1 amide bonds. The number of hydrogen-bond acceptors (Lipinski definition) is 4. The van der Waals surface area contributed by atoms with Crippen LogP contribution in [0, 0.1) is 0 Å². The van der Waals surface area contributed by atoms with Gasteiger partial charge in [0, 0.05) is 18.0 Å². The summed E-state index contributed by atoms with van der Waals surface area (Å²) in [5.74, 6) is 1.94. The van der Waals surface area contributed by atoms with Crippen molar-refractivity contribution in [1.29, 1.82) is 0 Å². The van der Waals surface area contributed by atoms with Crippen LogP contribution in [0.15, 0.2) is 65.2 Å². The Labute approximate surface area is 168 Å². The molecule has 0 aliphatic carbocycles. The second-order valence-electron chi connectivity index (χ2n) is 6.78. The highest BCUT2D eigenvalue weighted by Crippen LogP contribution is 2.32. The van der Waals surface area contributed by atoms with Gasteiger partial charge < -0.3 is 14.1 Å². The van der Waals surface area contributed by atoms with Crippen LogP contribution >= 0.6 is 11.6 Å². The molecule has 6 heteroatoms. The van der Waals surface area contributed by atoms with Crippen LogP contribution in [-0.2, 0) is 11.2 Å². The van der Waals surface area contributed by atoms with E-state index in [0.29, 0.717) is 29.6 Å². The number of carbonyl (C=O) groups is 1. The van der Waals surface area contributed by atoms with Crippen molar-refractivity contribution in [2.75, 3.05) is 13.2 Å². The van der Waals surface area contributed by atoms with E-state index in [1.165, 1.54) is 0 Å². The van der Waals surface area contributed by atoms with Gasteiger partial charge in [0.2, 0.25) is 5.89 Å². The Balaban J connectivity index is 1.41. The molecule has 0 spiro atoms. The molecule has 3 aromatic rings. The Kier molecular flexibility index (Phi) is 5.63. The smallest absolute Gasteiger partial charge is 0.261 e. The number of likely N-dealkylation sites (tertiary alicyclic amines) is 1. The van der Waals surface area contributed by atoms with Gasteiger partial charge in [-0.3, -0.25) is 4.79 Å². The Morgan fingerprint density at radius 1 is 1.18 bits per heavy atom. The zero-order chi connectivity index (χ0) is 19.3. The topological polar surface area (TPSA) is 55.6 Å². The number of amides is 1. The molecular weight excluding hydrogens is 376 g/mol. The first-order valence-corrected chi connectivity index (χ1v) is 9.74. The highest BCUT2D eigenvalue weighted by Gasteiger charge is 2.33. The molecular formula is C22H21ClN2O3. The minimum Gasteiger partial charge on any atom is -0.484 e. The minimum atomic E-state index is -0.146. The first kappa shape index (κ1) is 18.6. The molecule has 1 aliphatic rings. The zero-order valence-electron chi connectivity index (χ0n) is 15.4. The fourth-order valence-corrected chi connectivity index (χ4v) is 3.66. The Bertz CT molecular complexity index is 942. The Morgan fingerprint density at radius 3 is 2.79 bits per heavy atom. The van der Waals surface area contributed by atoms with Crippen molar-refractivity contribution in [3.05, 3.63) is 83.0 Å². The van der Waals surface area contributed by atoms with E-state index in [1.807, 2.05) is 54.6 Å². The predicted molar refractivity (Wildman–Crippen MR) is 106 cm³/mol. The molecule has 1 saturated heterocycles. The minimum absolute atomic E-state index is 0.00764. The molecule has 0 N–H and O–H groups in total. The summed E-state index contributed by atoms with van der Waals surface area (Å²) in [4.78, 5) is 18.9. The Hall–Kier alpha value is -2.79. The van der Waals surface area contributed by atoms with E-state index >= 15 is 0 Å². The largest absolute Gasteiger partial charge is 0.484 e. The van der Waals surface area contributed by atoms with Crippen LogP contribution in [0.4, 0.5) is 0 Å². The van der Waals surface area contributed by atoms with Gasteiger partial charge >= 0.3 is 0 Å². The quantitative estimate of drug-likeness (QED) is 0.608. The number of benzene rings is 2. The van der Waals surface area contributed by atoms with Crippen LogP contribution < -0.4 is 4.74 Å². The molecule has 1 atom stereocenters. The van der Waals surface area contributed by atoms with Crippen LogP contribution in [0.25, 0.3) is 0 Å². The van der Waals surface area contributed by atoms with E-state index in [4.69, 9.17) is 20.8 Å². The number of para-hydroxylation sites is 1. The SMILES string of the molecule is O=C(COc1ccccc1)N1CCCC1c1ncc(Cc2ccccc2Cl)o1. The summed E-state index contributed by atoms with van der Waals surface area (Å²) in [5, 5.41) is 0.705. The molecule has 1 aliphatic heterocycles. The van der Waals surface area contributed by atoms with Crippen LogP contribution in [0.2, 0.25) is 5.02 Å². The standard InChI is InChI=1S/C22H21ClN2O3/c23-19-10-5-4-7-16(19)13-18-14-24-22(28-18)20-11-6-12-25(20)21(26)15-27-17-8-2-1-3-9-17/h1-5,7-10,14,20H,6,11-13,15H2. The van der Waals surface area contributed by atoms with Crippen molar-refractivity contribution in [3.63, 3.8) is 0 Å². The molecule has 5 nitrogen and oxygen atoms in total. The lowest BCUT2D eigenvalue weighted by molar-refractivity contribution is -0.134. The third kappa shape index (κ3) is 4.20. The number of carbonyl (C=O) groups excluding carboxylic acids is 1. The molecule has 28 heavy (non-hydrogen) atoms. The van der Waals surface area contributed by atoms with Crippen molar-refractivity contribution < 1.29 is 13.9 Å². The lowest BCUT2D eigenvalue weighted by atomic mass is 10.1. The molecule has 4 rings (SSSR count). The van der Waals surface area contributed by atoms with Gasteiger partial charge in [-0.15, -0.1) is 0 Å². The van der Waals surface area contributed by atoms with Gasteiger partial charge in [0.25, 0.3) is 5.91 Å². The van der Waals surface area contributed by atoms with Gasteiger partial charge in [-0.25, -0.2) is 4.98 Å². The van der Waals surface area contributed by atoms with Crippen molar-refractivity contribution in [2.24, 2.45) is 0 Å². The average molecular weight is 397 g/mol. The number of rotatable bonds is 6. The third-order valence-corrected chi connectivity index (χ3v) is 5.23. The maximum atomic E-state index is 12.7. The molecule has 0 saturated carbocycles. The van der Waals surface area contributed by atoms with Gasteiger partial charge in [-0.2, -0.15) is 0 Å². The van der Waals surface area contributed by atoms with E-state index in [1.54, 1.807) is 11.1 Å². The van der Waals surface area contributed by atoms with Crippen LogP contribution in [0.1, 0.15) is 36.1 Å². The molecule has 2 aromatic carbocycles. The van der Waals surface area contributed by atoms with Crippen LogP contribution in [0.5, 0.6) is 5.75 Å². The third-order valence-electron chi connectivity index (χ3n) is 4.86. The lowest BCUT2D eigenvalue weighted by Gasteiger charge is -2.22. The van der Waals surface area contributed by atoms with Crippen LogP contribution in [0.3, 0.4) is 0 Å². The molecule has 2 heterocycles. The number of halogens is 1. The first-order chi connectivity index (χ1) is 13.7. The van der Waals surface area contributed by atoms with Crippen molar-refractivity contribution in [1.82, 2.24) is 9.88 Å². The maximum Gasteiger partial charge on any atom is 0.261 e. The van der Waals surface area contributed by atoms with Gasteiger partial charge in [0.05, 0.1) is 6.20 Å². The normalized spacial score (nSPS) is 16.3. The van der Waals surface area contributed by atoms with E-state index in [2.05, 4.69) is 4.98 Å². The summed E-state index contributed by atoms with van der Waals surface area (Å²) in [7, 11) is 0. The van der Waals surface area contributed by atoms with Crippen molar-refractivity contribution >= 4 is 17.5 Å². The fourth-order valence-electron chi connectivity index (χ4n) is 3.45. The lowest BCUT2D eigenvalue weighted by Crippen LogP contribution is -2.34. The van der Waals surface area contributed by atoms with E-state index in [-0.39, 0.29) is 18.6 Å². The van der Waals surface area contributed by atoms with Gasteiger partial charge in [-0.05, 0) is 36.6 Å². The Morgan fingerprint density at radius 2 is 1.96 bits per heavy atom. The van der Waals surface area contributed by atoms with Gasteiger partial charge in [-0.1, -0.05) is 48.0 Å². The predicted octanol–water partition coefficient (Wildman–Crippen LogP) is 4.66. The average Bonchev–Trinajstić information content (AvgIpc) is 3.38. The van der Waals surface area contributed by atoms with E-state index in [9.17, 15) is 4.79 Å². The fraction of sp³-hybridized carbons (Fsp3) is 0.273. The molecule has 1 fully saturated rings. The molecule has 1 aromatic heterocycles. The molecule has 1 unspecified atom stereocenters. The molecule has 144 valence electrons. The zero-order valence-corrected chi connectivity index (χ0v) is 16.1. The number of ether oxygens (including phenoxy) is 1. The highest BCUT2D eigenvalue weighted by atomic mass is 35.5. The summed E-state index contributed by atoms with van der Waals surface area (Å²) in [5.41, 5.74) is 0.988. The van der Waals surface area contributed by atoms with Crippen LogP contribution in [-0.4, -0.2) is 28.9 Å². The highest BCUT2D eigenvalue weighted by molar-refractivity contribution is 6.31. The van der Waals surface area contributed by atoms with E-state index < -0.39 is 0 Å². The molecule has 0 bridgehead atoms. The van der Waals surface area contributed by atoms with Gasteiger partial charge in [0.1, 0.15) is 17.6 Å². The number of aromatic nitrogens is 1. The summed E-state index contributed by atoms with van der Waals surface area (Å²) in [6.07, 6.45) is 4.05. The second kappa shape index (κ2) is 8.48. The number of hydrogen-bond donors (Lipinski definition) is 0. The van der Waals surface area contributed by atoms with Crippen molar-refractivity contribution in [3.8, 4) is 5.75 Å². The summed E-state index contributed by atoms with van der Waals surface area (Å²) >= 11 is 6.23. The van der Waals surface area contributed by atoms with Gasteiger partial charge in [0.15, 0.2) is 6.61 Å². The van der Waals surface area contributed by atoms with E-state index in [0.717, 1.165) is 24.2 Å². The number of nitrogens with zero attached hydrogens (tertiary/aromatic N) is 2. The molecule has 0 radical (unpaired) electrons. The van der Waals surface area contributed by atoms with Crippen molar-refractivity contribution in [2.45, 2.75) is 25.3 Å². The summed E-state index contributed by atoms with van der Waals surface area (Å²) in [6, 6.07) is 16.9. The summed E-state index contributed by atoms with van der Waals surface area (Å²) < 4.78 is 11.6.